The Kier molecular flexibility index (Phi) is 4.88. The second-order valence-corrected chi connectivity index (χ2v) is 6.78. The number of nitrogens with one attached hydrogen (secondary N) is 1. The Morgan fingerprint density at radius 3 is 2.50 bits per heavy atom. The van der Waals surface area contributed by atoms with Crippen molar-refractivity contribution in [3.8, 4) is 0 Å². The third kappa shape index (κ3) is 3.61. The Labute approximate surface area is 143 Å². The highest BCUT2D eigenvalue weighted by Gasteiger charge is 2.38. The van der Waals surface area contributed by atoms with Gasteiger partial charge in [-0.3, -0.25) is 4.98 Å². The zero-order chi connectivity index (χ0) is 17.1. The number of carbonyl (C=O) groups is 1. The fourth-order valence-corrected chi connectivity index (χ4v) is 3.09. The van der Waals surface area contributed by atoms with E-state index in [9.17, 15) is 4.79 Å². The van der Waals surface area contributed by atoms with Gasteiger partial charge in [0.2, 0.25) is 0 Å². The van der Waals surface area contributed by atoms with Crippen LogP contribution in [0.3, 0.4) is 0 Å². The summed E-state index contributed by atoms with van der Waals surface area (Å²) in [5, 5.41) is 3.21. The summed E-state index contributed by atoms with van der Waals surface area (Å²) in [6.45, 7) is 6.25. The first-order chi connectivity index (χ1) is 11.6. The smallest absolute Gasteiger partial charge is 0.318 e. The lowest BCUT2D eigenvalue weighted by Gasteiger charge is -2.32. The molecule has 2 aromatic heterocycles. The van der Waals surface area contributed by atoms with E-state index in [-0.39, 0.29) is 24.0 Å². The quantitative estimate of drug-likeness (QED) is 0.860. The van der Waals surface area contributed by atoms with Crippen LogP contribution in [0.25, 0.3) is 0 Å². The monoisotopic (exact) mass is 327 g/mol. The SMILES string of the molecule is CC(C)[C@H](NC(=O)N(C1CC1)[C@@H](C)c1ccco1)c1ccncc1. The van der Waals surface area contributed by atoms with E-state index in [4.69, 9.17) is 4.42 Å². The van der Waals surface area contributed by atoms with Crippen molar-refractivity contribution in [1.29, 1.82) is 0 Å². The van der Waals surface area contributed by atoms with Gasteiger partial charge in [-0.25, -0.2) is 4.79 Å². The molecule has 2 amide bonds. The number of aromatic nitrogens is 1. The van der Waals surface area contributed by atoms with Gasteiger partial charge in [0.25, 0.3) is 0 Å². The van der Waals surface area contributed by atoms with Gasteiger partial charge in [-0.15, -0.1) is 0 Å². The van der Waals surface area contributed by atoms with Crippen LogP contribution in [0.4, 0.5) is 4.79 Å². The van der Waals surface area contributed by atoms with Crippen LogP contribution in [0.15, 0.2) is 47.3 Å². The highest BCUT2D eigenvalue weighted by Crippen LogP contribution is 2.35. The lowest BCUT2D eigenvalue weighted by Crippen LogP contribution is -2.45. The molecule has 0 saturated heterocycles. The first kappa shape index (κ1) is 16.6. The van der Waals surface area contributed by atoms with E-state index in [1.165, 1.54) is 0 Å². The molecular formula is C19H25N3O2. The standard InChI is InChI=1S/C19H25N3O2/c1-13(2)18(15-8-10-20-11-9-15)21-19(23)22(16-6-7-16)14(3)17-5-4-12-24-17/h4-5,8-14,16,18H,6-7H2,1-3H3,(H,21,23)/t14-,18-/m0/s1. The molecule has 2 atom stereocenters. The topological polar surface area (TPSA) is 58.4 Å². The highest BCUT2D eigenvalue weighted by molar-refractivity contribution is 5.76. The zero-order valence-electron chi connectivity index (χ0n) is 14.5. The van der Waals surface area contributed by atoms with Crippen LogP contribution in [-0.4, -0.2) is 22.0 Å². The normalized spacial score (nSPS) is 16.7. The lowest BCUT2D eigenvalue weighted by atomic mass is 9.97. The maximum atomic E-state index is 13.0. The number of furan rings is 1. The minimum Gasteiger partial charge on any atom is -0.467 e. The van der Waals surface area contributed by atoms with Crippen molar-refractivity contribution in [2.75, 3.05) is 0 Å². The number of amides is 2. The Hall–Kier alpha value is -2.30. The van der Waals surface area contributed by atoms with Crippen molar-refractivity contribution in [3.05, 3.63) is 54.2 Å². The van der Waals surface area contributed by atoms with E-state index in [0.717, 1.165) is 24.2 Å². The largest absolute Gasteiger partial charge is 0.467 e. The summed E-state index contributed by atoms with van der Waals surface area (Å²) in [4.78, 5) is 19.0. The minimum atomic E-state index is -0.0715. The number of urea groups is 1. The summed E-state index contributed by atoms with van der Waals surface area (Å²) in [5.74, 6) is 1.11. The lowest BCUT2D eigenvalue weighted by molar-refractivity contribution is 0.160. The zero-order valence-corrected chi connectivity index (χ0v) is 14.5. The molecule has 1 N–H and O–H groups in total. The van der Waals surface area contributed by atoms with Crippen molar-refractivity contribution in [2.24, 2.45) is 5.92 Å². The summed E-state index contributed by atoms with van der Waals surface area (Å²) >= 11 is 0. The molecule has 1 aliphatic carbocycles. The molecule has 1 aliphatic rings. The van der Waals surface area contributed by atoms with Gasteiger partial charge in [0.05, 0.1) is 18.3 Å². The van der Waals surface area contributed by atoms with Gasteiger partial charge in [0.15, 0.2) is 0 Å². The fraction of sp³-hybridized carbons (Fsp3) is 0.474. The number of nitrogens with zero attached hydrogens (tertiary/aromatic N) is 2. The first-order valence-electron chi connectivity index (χ1n) is 8.60. The maximum absolute atomic E-state index is 13.0. The summed E-state index contributed by atoms with van der Waals surface area (Å²) in [6.07, 6.45) is 7.30. The van der Waals surface area contributed by atoms with Gasteiger partial charge in [-0.1, -0.05) is 13.8 Å². The van der Waals surface area contributed by atoms with E-state index < -0.39 is 0 Å². The average Bonchev–Trinajstić information content (AvgIpc) is 3.25. The molecule has 0 aliphatic heterocycles. The number of pyridine rings is 1. The highest BCUT2D eigenvalue weighted by atomic mass is 16.3. The van der Waals surface area contributed by atoms with E-state index in [1.54, 1.807) is 18.7 Å². The van der Waals surface area contributed by atoms with Gasteiger partial charge in [0.1, 0.15) is 5.76 Å². The predicted octanol–water partition coefficient (Wildman–Crippen LogP) is 4.31. The van der Waals surface area contributed by atoms with Crippen molar-refractivity contribution >= 4 is 6.03 Å². The molecule has 2 aromatic rings. The first-order valence-corrected chi connectivity index (χ1v) is 8.60. The molecule has 0 bridgehead atoms. The second kappa shape index (κ2) is 7.07. The molecule has 0 aromatic carbocycles. The van der Waals surface area contributed by atoms with Crippen LogP contribution in [-0.2, 0) is 0 Å². The van der Waals surface area contributed by atoms with Crippen molar-refractivity contribution in [1.82, 2.24) is 15.2 Å². The molecule has 0 radical (unpaired) electrons. The van der Waals surface area contributed by atoms with Crippen LogP contribution in [0.1, 0.15) is 57.0 Å². The van der Waals surface area contributed by atoms with Crippen LogP contribution < -0.4 is 5.32 Å². The number of carbonyl (C=O) groups excluding carboxylic acids is 1. The third-order valence-corrected chi connectivity index (χ3v) is 4.56. The van der Waals surface area contributed by atoms with Crippen LogP contribution >= 0.6 is 0 Å². The average molecular weight is 327 g/mol. The van der Waals surface area contributed by atoms with Gasteiger partial charge in [0, 0.05) is 18.4 Å². The molecular weight excluding hydrogens is 302 g/mol. The number of hydrogen-bond acceptors (Lipinski definition) is 3. The summed E-state index contributed by atoms with van der Waals surface area (Å²) < 4.78 is 5.51. The Bertz CT molecular complexity index is 651. The van der Waals surface area contributed by atoms with Crippen LogP contribution in [0.2, 0.25) is 0 Å². The van der Waals surface area contributed by atoms with Crippen molar-refractivity contribution in [2.45, 2.75) is 51.7 Å². The third-order valence-electron chi connectivity index (χ3n) is 4.56. The van der Waals surface area contributed by atoms with Gasteiger partial charge >= 0.3 is 6.03 Å². The molecule has 0 unspecified atom stereocenters. The van der Waals surface area contributed by atoms with Crippen molar-refractivity contribution < 1.29 is 9.21 Å². The molecule has 1 fully saturated rings. The molecule has 128 valence electrons. The summed E-state index contributed by atoms with van der Waals surface area (Å²) in [5.41, 5.74) is 1.08. The summed E-state index contributed by atoms with van der Waals surface area (Å²) in [6, 6.07) is 7.87. The molecule has 5 nitrogen and oxygen atoms in total. The molecule has 24 heavy (non-hydrogen) atoms. The maximum Gasteiger partial charge on any atom is 0.318 e. The van der Waals surface area contributed by atoms with E-state index in [0.29, 0.717) is 6.04 Å². The van der Waals surface area contributed by atoms with Gasteiger partial charge in [-0.05, 0) is 55.5 Å². The molecule has 3 rings (SSSR count). The Morgan fingerprint density at radius 2 is 1.96 bits per heavy atom. The molecule has 1 saturated carbocycles. The summed E-state index contributed by atoms with van der Waals surface area (Å²) in [7, 11) is 0. The molecule has 5 heteroatoms. The fourth-order valence-electron chi connectivity index (χ4n) is 3.09. The van der Waals surface area contributed by atoms with Gasteiger partial charge in [-0.2, -0.15) is 0 Å². The van der Waals surface area contributed by atoms with Crippen LogP contribution in [0, 0.1) is 5.92 Å². The van der Waals surface area contributed by atoms with E-state index >= 15 is 0 Å². The molecule has 2 heterocycles. The van der Waals surface area contributed by atoms with Crippen LogP contribution in [0.5, 0.6) is 0 Å². The Balaban J connectivity index is 1.77. The second-order valence-electron chi connectivity index (χ2n) is 6.78. The number of rotatable bonds is 6. The predicted molar refractivity (Wildman–Crippen MR) is 92.3 cm³/mol. The minimum absolute atomic E-state index is 0.0306. The Morgan fingerprint density at radius 1 is 1.25 bits per heavy atom. The van der Waals surface area contributed by atoms with E-state index in [1.807, 2.05) is 36.1 Å². The number of hydrogen-bond donors (Lipinski definition) is 1. The van der Waals surface area contributed by atoms with Crippen molar-refractivity contribution in [3.63, 3.8) is 0 Å². The van der Waals surface area contributed by atoms with E-state index in [2.05, 4.69) is 24.1 Å². The van der Waals surface area contributed by atoms with Gasteiger partial charge < -0.3 is 14.6 Å². The molecule has 0 spiro atoms.